The predicted molar refractivity (Wildman–Crippen MR) is 93.2 cm³/mol. The van der Waals surface area contributed by atoms with Gasteiger partial charge in [0.15, 0.2) is 0 Å². The second-order valence-electron chi connectivity index (χ2n) is 6.46. The molecule has 23 heavy (non-hydrogen) atoms. The Bertz CT molecular complexity index is 852. The molecule has 1 heterocycles. The highest BCUT2D eigenvalue weighted by molar-refractivity contribution is 5.85. The molecule has 2 atom stereocenters. The van der Waals surface area contributed by atoms with Gasteiger partial charge in [0.05, 0.1) is 6.10 Å². The molecule has 0 saturated carbocycles. The van der Waals surface area contributed by atoms with Gasteiger partial charge in [-0.3, -0.25) is 0 Å². The Morgan fingerprint density at radius 3 is 2.00 bits per heavy atom. The normalized spacial score (nSPS) is 21.4. The maximum absolute atomic E-state index is 5.84. The summed E-state index contributed by atoms with van der Waals surface area (Å²) in [5.74, 6) is 0. The molecule has 3 aromatic rings. The Balaban J connectivity index is 1.75. The van der Waals surface area contributed by atoms with Crippen LogP contribution in [0.2, 0.25) is 0 Å². The minimum atomic E-state index is 0.339. The number of hydrogen-bond acceptors (Lipinski definition) is 1. The minimum Gasteiger partial charge on any atom is -0.364 e. The lowest BCUT2D eigenvalue weighted by atomic mass is 9.84. The first kappa shape index (κ1) is 13.1. The third-order valence-corrected chi connectivity index (χ3v) is 5.04. The van der Waals surface area contributed by atoms with Crippen LogP contribution in [0, 0.1) is 0 Å². The van der Waals surface area contributed by atoms with Gasteiger partial charge in [-0.2, -0.15) is 0 Å². The second kappa shape index (κ2) is 5.07. The van der Waals surface area contributed by atoms with E-state index in [1.807, 2.05) is 0 Å². The van der Waals surface area contributed by atoms with Crippen LogP contribution in [0.3, 0.4) is 0 Å². The topological polar surface area (TPSA) is 12.5 Å². The van der Waals surface area contributed by atoms with Gasteiger partial charge < -0.3 is 4.74 Å². The number of benzene rings is 3. The van der Waals surface area contributed by atoms with Crippen LogP contribution < -0.4 is 0 Å². The molecule has 112 valence electrons. The summed E-state index contributed by atoms with van der Waals surface area (Å²) in [5.41, 5.74) is 8.06. The molecule has 5 rings (SSSR count). The Labute approximate surface area is 136 Å². The summed E-state index contributed by atoms with van der Waals surface area (Å²) in [6.45, 7) is 0. The molecule has 2 unspecified atom stereocenters. The molecule has 0 aromatic heterocycles. The largest absolute Gasteiger partial charge is 0.364 e. The zero-order valence-electron chi connectivity index (χ0n) is 12.9. The zero-order chi connectivity index (χ0) is 15.2. The van der Waals surface area contributed by atoms with Crippen molar-refractivity contribution in [2.24, 2.45) is 0 Å². The lowest BCUT2D eigenvalue weighted by Crippen LogP contribution is -2.05. The van der Waals surface area contributed by atoms with E-state index in [0.717, 1.165) is 12.8 Å². The first-order valence-corrected chi connectivity index (χ1v) is 8.33. The van der Waals surface area contributed by atoms with E-state index >= 15 is 0 Å². The van der Waals surface area contributed by atoms with E-state index in [-0.39, 0.29) is 0 Å². The summed E-state index contributed by atoms with van der Waals surface area (Å²) >= 11 is 0. The highest BCUT2D eigenvalue weighted by atomic mass is 16.6. The summed E-state index contributed by atoms with van der Waals surface area (Å²) in [6.07, 6.45) is 3.10. The molecule has 0 N–H and O–H groups in total. The molecule has 0 radical (unpaired) electrons. The van der Waals surface area contributed by atoms with E-state index in [1.165, 1.54) is 33.4 Å². The summed E-state index contributed by atoms with van der Waals surface area (Å²) in [7, 11) is 0. The lowest BCUT2D eigenvalue weighted by molar-refractivity contribution is 0.373. The molecule has 1 aliphatic carbocycles. The van der Waals surface area contributed by atoms with Crippen molar-refractivity contribution in [2.45, 2.75) is 25.0 Å². The van der Waals surface area contributed by atoms with Crippen LogP contribution in [0.4, 0.5) is 0 Å². The molecule has 2 aliphatic rings. The molecule has 0 amide bonds. The van der Waals surface area contributed by atoms with Crippen molar-refractivity contribution < 1.29 is 4.74 Å². The molecular weight excluding hydrogens is 280 g/mol. The molecule has 1 fully saturated rings. The molecule has 3 aromatic carbocycles. The van der Waals surface area contributed by atoms with Crippen LogP contribution in [0.25, 0.3) is 22.3 Å². The third-order valence-electron chi connectivity index (χ3n) is 5.04. The van der Waals surface area contributed by atoms with Crippen molar-refractivity contribution >= 4 is 0 Å². The van der Waals surface area contributed by atoms with Crippen LogP contribution >= 0.6 is 0 Å². The molecule has 1 saturated heterocycles. The zero-order valence-corrected chi connectivity index (χ0v) is 12.9. The monoisotopic (exact) mass is 298 g/mol. The van der Waals surface area contributed by atoms with E-state index in [4.69, 9.17) is 4.74 Å². The maximum atomic E-state index is 5.84. The Morgan fingerprint density at radius 1 is 0.739 bits per heavy atom. The van der Waals surface area contributed by atoms with Gasteiger partial charge in [-0.05, 0) is 52.3 Å². The van der Waals surface area contributed by atoms with E-state index < -0.39 is 0 Å². The fourth-order valence-electron chi connectivity index (χ4n) is 3.79. The highest BCUT2D eigenvalue weighted by Crippen LogP contribution is 2.49. The van der Waals surface area contributed by atoms with Crippen molar-refractivity contribution in [3.63, 3.8) is 0 Å². The molecule has 1 aliphatic heterocycles. The number of ether oxygens (including phenoxy) is 1. The van der Waals surface area contributed by atoms with Crippen molar-refractivity contribution in [1.29, 1.82) is 0 Å². The smallest absolute Gasteiger partial charge is 0.109 e. The van der Waals surface area contributed by atoms with Gasteiger partial charge in [0.1, 0.15) is 6.10 Å². The Kier molecular flexibility index (Phi) is 2.89. The van der Waals surface area contributed by atoms with Crippen molar-refractivity contribution in [3.8, 4) is 22.3 Å². The minimum absolute atomic E-state index is 0.339. The summed E-state index contributed by atoms with van der Waals surface area (Å²) in [6, 6.07) is 26.2. The van der Waals surface area contributed by atoms with Crippen LogP contribution in [0.15, 0.2) is 72.8 Å². The first-order chi connectivity index (χ1) is 11.4. The molecule has 0 bridgehead atoms. The number of rotatable bonds is 2. The van der Waals surface area contributed by atoms with Gasteiger partial charge in [-0.25, -0.2) is 0 Å². The van der Waals surface area contributed by atoms with Crippen molar-refractivity contribution in [2.75, 3.05) is 0 Å². The van der Waals surface area contributed by atoms with E-state index in [2.05, 4.69) is 72.8 Å². The number of aryl methyl sites for hydroxylation is 1. The quantitative estimate of drug-likeness (QED) is 0.576. The molecular formula is C22H18O. The lowest BCUT2D eigenvalue weighted by Gasteiger charge is -2.18. The van der Waals surface area contributed by atoms with E-state index in [0.29, 0.717) is 12.2 Å². The van der Waals surface area contributed by atoms with Gasteiger partial charge in [-0.15, -0.1) is 0 Å². The molecule has 1 heteroatoms. The van der Waals surface area contributed by atoms with Gasteiger partial charge in [0, 0.05) is 0 Å². The van der Waals surface area contributed by atoms with Crippen LogP contribution in [-0.2, 0) is 11.2 Å². The molecule has 0 spiro atoms. The van der Waals surface area contributed by atoms with Crippen LogP contribution in [0.5, 0.6) is 0 Å². The average molecular weight is 298 g/mol. The first-order valence-electron chi connectivity index (χ1n) is 8.33. The fourth-order valence-corrected chi connectivity index (χ4v) is 3.79. The SMILES string of the molecule is c1ccc(-c2cc3c(cc2-c2ccccc2)C2OC2CC3)cc1. The standard InChI is InChI=1S/C22H18O/c1-3-7-15(8-4-1)18-13-17-11-12-21-22(23-21)20(17)14-19(18)16-9-5-2-6-10-16/h1-10,13-14,21-22H,11-12H2. The summed E-state index contributed by atoms with van der Waals surface area (Å²) in [4.78, 5) is 0. The van der Waals surface area contributed by atoms with Gasteiger partial charge in [-0.1, -0.05) is 66.7 Å². The fraction of sp³-hybridized carbons (Fsp3) is 0.182. The number of hydrogen-bond donors (Lipinski definition) is 0. The maximum Gasteiger partial charge on any atom is 0.109 e. The van der Waals surface area contributed by atoms with E-state index in [1.54, 1.807) is 0 Å². The van der Waals surface area contributed by atoms with Gasteiger partial charge in [0.25, 0.3) is 0 Å². The Hall–Kier alpha value is -2.38. The second-order valence-corrected chi connectivity index (χ2v) is 6.46. The number of fused-ring (bicyclic) bond motifs is 3. The summed E-state index contributed by atoms with van der Waals surface area (Å²) in [5, 5.41) is 0. The van der Waals surface area contributed by atoms with Crippen molar-refractivity contribution in [3.05, 3.63) is 83.9 Å². The van der Waals surface area contributed by atoms with E-state index in [9.17, 15) is 0 Å². The van der Waals surface area contributed by atoms with Crippen LogP contribution in [-0.4, -0.2) is 6.10 Å². The van der Waals surface area contributed by atoms with Crippen molar-refractivity contribution in [1.82, 2.24) is 0 Å². The summed E-state index contributed by atoms with van der Waals surface area (Å²) < 4.78 is 5.84. The van der Waals surface area contributed by atoms with Gasteiger partial charge >= 0.3 is 0 Å². The average Bonchev–Trinajstić information content (AvgIpc) is 3.42. The van der Waals surface area contributed by atoms with Crippen LogP contribution in [0.1, 0.15) is 23.7 Å². The van der Waals surface area contributed by atoms with Gasteiger partial charge in [0.2, 0.25) is 0 Å². The number of epoxide rings is 1. The third kappa shape index (κ3) is 2.20. The predicted octanol–water partition coefficient (Wildman–Crippen LogP) is 5.41. The molecule has 1 nitrogen and oxygen atoms in total. The highest BCUT2D eigenvalue weighted by Gasteiger charge is 2.44. The Morgan fingerprint density at radius 2 is 1.35 bits per heavy atom.